The molecule has 0 amide bonds. The maximum atomic E-state index is 5.49. The van der Waals surface area contributed by atoms with Gasteiger partial charge in [-0.05, 0) is 56.3 Å². The van der Waals surface area contributed by atoms with Crippen LogP contribution in [-0.2, 0) is 13.0 Å². The Morgan fingerprint density at radius 3 is 2.74 bits per heavy atom. The van der Waals surface area contributed by atoms with Gasteiger partial charge in [0.15, 0.2) is 0 Å². The Bertz CT molecular complexity index is 531. The largest absolute Gasteiger partial charge is 0.330 e. The highest BCUT2D eigenvalue weighted by molar-refractivity contribution is 5.29. The molecule has 2 aromatic rings. The highest BCUT2D eigenvalue weighted by Crippen LogP contribution is 2.11. The number of hydrogen-bond acceptors (Lipinski definition) is 3. The van der Waals surface area contributed by atoms with Crippen LogP contribution in [-0.4, -0.2) is 21.5 Å². The van der Waals surface area contributed by atoms with E-state index in [1.807, 2.05) is 10.9 Å². The van der Waals surface area contributed by atoms with Crippen LogP contribution in [0.25, 0.3) is 0 Å². The molecule has 1 heterocycles. The molecule has 0 aliphatic heterocycles. The first kappa shape index (κ1) is 13.7. The van der Waals surface area contributed by atoms with E-state index in [9.17, 15) is 0 Å². The first-order valence-corrected chi connectivity index (χ1v) is 6.84. The van der Waals surface area contributed by atoms with Crippen molar-refractivity contribution >= 4 is 0 Å². The zero-order valence-electron chi connectivity index (χ0n) is 11.8. The van der Waals surface area contributed by atoms with Crippen LogP contribution in [0.5, 0.6) is 0 Å². The Morgan fingerprint density at radius 1 is 1.16 bits per heavy atom. The molecule has 0 atom stereocenters. The van der Waals surface area contributed by atoms with Gasteiger partial charge in [0.25, 0.3) is 0 Å². The molecule has 0 saturated carbocycles. The van der Waals surface area contributed by atoms with E-state index >= 15 is 0 Å². The predicted octanol–water partition coefficient (Wildman–Crippen LogP) is 2.22. The molecule has 0 radical (unpaired) electrons. The fourth-order valence-electron chi connectivity index (χ4n) is 2.07. The van der Waals surface area contributed by atoms with Gasteiger partial charge in [0.1, 0.15) is 0 Å². The average molecular weight is 258 g/mol. The van der Waals surface area contributed by atoms with Gasteiger partial charge in [0, 0.05) is 6.20 Å². The zero-order valence-corrected chi connectivity index (χ0v) is 11.8. The highest BCUT2D eigenvalue weighted by atomic mass is 15.4. The molecule has 102 valence electrons. The van der Waals surface area contributed by atoms with Crippen LogP contribution in [0, 0.1) is 13.8 Å². The molecule has 0 fully saturated rings. The smallest absolute Gasteiger partial charge is 0.0827 e. The Kier molecular flexibility index (Phi) is 4.68. The minimum absolute atomic E-state index is 0.747. The number of nitrogens with zero attached hydrogens (tertiary/aromatic N) is 3. The average Bonchev–Trinajstić information content (AvgIpc) is 2.82. The topological polar surface area (TPSA) is 56.7 Å². The van der Waals surface area contributed by atoms with E-state index in [1.54, 1.807) is 0 Å². The molecule has 19 heavy (non-hydrogen) atoms. The second-order valence-electron chi connectivity index (χ2n) is 5.07. The minimum atomic E-state index is 0.747. The second-order valence-corrected chi connectivity index (χ2v) is 5.07. The van der Waals surface area contributed by atoms with Crippen molar-refractivity contribution in [2.45, 2.75) is 39.7 Å². The molecule has 2 N–H and O–H groups in total. The molecule has 0 aliphatic rings. The lowest BCUT2D eigenvalue weighted by atomic mass is 10.1. The van der Waals surface area contributed by atoms with E-state index < -0.39 is 0 Å². The summed E-state index contributed by atoms with van der Waals surface area (Å²) in [5.41, 5.74) is 10.4. The molecule has 0 aliphatic carbocycles. The first-order valence-electron chi connectivity index (χ1n) is 6.84. The number of benzene rings is 1. The monoisotopic (exact) mass is 258 g/mol. The summed E-state index contributed by atoms with van der Waals surface area (Å²) in [7, 11) is 0. The van der Waals surface area contributed by atoms with Gasteiger partial charge in [0.2, 0.25) is 0 Å². The maximum Gasteiger partial charge on any atom is 0.0827 e. The van der Waals surface area contributed by atoms with Crippen molar-refractivity contribution in [3.8, 4) is 0 Å². The maximum absolute atomic E-state index is 5.49. The third-order valence-corrected chi connectivity index (χ3v) is 3.39. The molecule has 0 saturated heterocycles. The summed E-state index contributed by atoms with van der Waals surface area (Å²) in [4.78, 5) is 0. The molecule has 0 unspecified atom stereocenters. The van der Waals surface area contributed by atoms with Crippen molar-refractivity contribution in [3.05, 3.63) is 46.8 Å². The molecule has 0 spiro atoms. The Balaban J connectivity index is 1.97. The van der Waals surface area contributed by atoms with Gasteiger partial charge in [-0.3, -0.25) is 0 Å². The molecular weight excluding hydrogens is 236 g/mol. The van der Waals surface area contributed by atoms with Crippen LogP contribution in [0.2, 0.25) is 0 Å². The summed E-state index contributed by atoms with van der Waals surface area (Å²) in [6.45, 7) is 5.80. The highest BCUT2D eigenvalue weighted by Gasteiger charge is 2.02. The number of unbranched alkanes of at least 4 members (excludes halogenated alkanes) is 1. The molecule has 0 bridgehead atoms. The molecule has 4 nitrogen and oxygen atoms in total. The quantitative estimate of drug-likeness (QED) is 0.808. The molecule has 2 rings (SSSR count). The minimum Gasteiger partial charge on any atom is -0.330 e. The summed E-state index contributed by atoms with van der Waals surface area (Å²) in [6.07, 6.45) is 5.12. The lowest BCUT2D eigenvalue weighted by molar-refractivity contribution is 0.648. The van der Waals surface area contributed by atoms with Crippen molar-refractivity contribution in [2.24, 2.45) is 5.73 Å². The van der Waals surface area contributed by atoms with Gasteiger partial charge in [0.05, 0.1) is 12.2 Å². The molecule has 1 aromatic carbocycles. The van der Waals surface area contributed by atoms with Crippen molar-refractivity contribution < 1.29 is 0 Å². The van der Waals surface area contributed by atoms with Crippen LogP contribution < -0.4 is 5.73 Å². The number of aryl methyl sites for hydroxylation is 3. The standard InChI is InChI=1S/C15H22N4/c1-12-6-7-14(9-13(12)2)10-19-11-15(17-18-19)5-3-4-8-16/h6-7,9,11H,3-5,8,10,16H2,1-2H3. The lowest BCUT2D eigenvalue weighted by Gasteiger charge is -2.04. The van der Waals surface area contributed by atoms with Crippen molar-refractivity contribution in [2.75, 3.05) is 6.54 Å². The van der Waals surface area contributed by atoms with E-state index in [0.717, 1.165) is 38.0 Å². The molecule has 1 aromatic heterocycles. The van der Waals surface area contributed by atoms with Crippen molar-refractivity contribution in [3.63, 3.8) is 0 Å². The summed E-state index contributed by atoms with van der Waals surface area (Å²) < 4.78 is 1.90. The van der Waals surface area contributed by atoms with Gasteiger partial charge in [-0.25, -0.2) is 4.68 Å². The fourth-order valence-corrected chi connectivity index (χ4v) is 2.07. The van der Waals surface area contributed by atoms with E-state index in [2.05, 4.69) is 42.4 Å². The predicted molar refractivity (Wildman–Crippen MR) is 77.0 cm³/mol. The van der Waals surface area contributed by atoms with Crippen molar-refractivity contribution in [1.82, 2.24) is 15.0 Å². The third kappa shape index (κ3) is 3.89. The van der Waals surface area contributed by atoms with E-state index in [0.29, 0.717) is 0 Å². The van der Waals surface area contributed by atoms with Crippen molar-refractivity contribution in [1.29, 1.82) is 0 Å². The summed E-state index contributed by atoms with van der Waals surface area (Å²) >= 11 is 0. The SMILES string of the molecule is Cc1ccc(Cn2cc(CCCCN)nn2)cc1C. The van der Waals surface area contributed by atoms with Crippen LogP contribution in [0.1, 0.15) is 35.2 Å². The zero-order chi connectivity index (χ0) is 13.7. The Morgan fingerprint density at radius 2 is 2.00 bits per heavy atom. The van der Waals surface area contributed by atoms with Gasteiger partial charge >= 0.3 is 0 Å². The van der Waals surface area contributed by atoms with Gasteiger partial charge in [-0.1, -0.05) is 23.4 Å². The van der Waals surface area contributed by atoms with Gasteiger partial charge in [-0.2, -0.15) is 0 Å². The normalized spacial score (nSPS) is 10.9. The Labute approximate surface area is 114 Å². The number of nitrogens with two attached hydrogens (primary N) is 1. The molecular formula is C15H22N4. The number of rotatable bonds is 6. The van der Waals surface area contributed by atoms with E-state index in [4.69, 9.17) is 5.73 Å². The number of hydrogen-bond donors (Lipinski definition) is 1. The Hall–Kier alpha value is -1.68. The fraction of sp³-hybridized carbons (Fsp3) is 0.467. The molecule has 4 heteroatoms. The van der Waals surface area contributed by atoms with Crippen LogP contribution in [0.4, 0.5) is 0 Å². The first-order chi connectivity index (χ1) is 9.19. The second kappa shape index (κ2) is 6.48. The summed E-state index contributed by atoms with van der Waals surface area (Å²) in [5.74, 6) is 0. The summed E-state index contributed by atoms with van der Waals surface area (Å²) in [5, 5.41) is 8.37. The number of aromatic nitrogens is 3. The lowest BCUT2D eigenvalue weighted by Crippen LogP contribution is -2.01. The van der Waals surface area contributed by atoms with Crippen LogP contribution >= 0.6 is 0 Å². The third-order valence-electron chi connectivity index (χ3n) is 3.39. The van der Waals surface area contributed by atoms with Gasteiger partial charge in [-0.15, -0.1) is 5.10 Å². The van der Waals surface area contributed by atoms with Gasteiger partial charge < -0.3 is 5.73 Å². The van der Waals surface area contributed by atoms with E-state index in [-0.39, 0.29) is 0 Å². The van der Waals surface area contributed by atoms with Crippen LogP contribution in [0.15, 0.2) is 24.4 Å². The van der Waals surface area contributed by atoms with Crippen LogP contribution in [0.3, 0.4) is 0 Å². The summed E-state index contributed by atoms with van der Waals surface area (Å²) in [6, 6.07) is 6.52. The van der Waals surface area contributed by atoms with E-state index in [1.165, 1.54) is 16.7 Å².